The second-order valence-corrected chi connectivity index (χ2v) is 6.43. The second kappa shape index (κ2) is 6.95. The Morgan fingerprint density at radius 2 is 2.15 bits per heavy atom. The largest absolute Gasteiger partial charge is 0.310 e. The summed E-state index contributed by atoms with van der Waals surface area (Å²) >= 11 is 1.77. The molecule has 2 aromatic rings. The van der Waals surface area contributed by atoms with Crippen LogP contribution in [0.2, 0.25) is 0 Å². The van der Waals surface area contributed by atoms with E-state index in [0.29, 0.717) is 6.04 Å². The minimum absolute atomic E-state index is 0.492. The van der Waals surface area contributed by atoms with Crippen molar-refractivity contribution in [3.05, 3.63) is 34.5 Å². The average Bonchev–Trinajstić information content (AvgIpc) is 2.80. The van der Waals surface area contributed by atoms with Crippen molar-refractivity contribution in [2.75, 3.05) is 0 Å². The molecule has 0 saturated heterocycles. The number of thiazole rings is 1. The smallest absolute Gasteiger partial charge is 0.142 e. The fourth-order valence-electron chi connectivity index (χ4n) is 2.06. The van der Waals surface area contributed by atoms with Crippen LogP contribution in [-0.2, 0) is 13.0 Å². The molecule has 0 amide bonds. The van der Waals surface area contributed by atoms with Gasteiger partial charge in [-0.15, -0.1) is 11.3 Å². The molecular formula is C16H23N3S. The first-order valence-electron chi connectivity index (χ1n) is 7.25. The van der Waals surface area contributed by atoms with E-state index in [0.717, 1.165) is 30.1 Å². The second-order valence-electron chi connectivity index (χ2n) is 5.34. The predicted molar refractivity (Wildman–Crippen MR) is 86.1 cm³/mol. The van der Waals surface area contributed by atoms with Gasteiger partial charge in [-0.3, -0.25) is 4.98 Å². The molecule has 0 bridgehead atoms. The summed E-state index contributed by atoms with van der Waals surface area (Å²) in [6.07, 6.45) is 4.01. The van der Waals surface area contributed by atoms with E-state index in [1.807, 2.05) is 12.3 Å². The summed E-state index contributed by atoms with van der Waals surface area (Å²) in [5, 5.41) is 4.54. The Morgan fingerprint density at radius 1 is 1.35 bits per heavy atom. The molecule has 4 heteroatoms. The van der Waals surface area contributed by atoms with Gasteiger partial charge in [-0.1, -0.05) is 33.3 Å². The lowest BCUT2D eigenvalue weighted by Crippen LogP contribution is -2.21. The van der Waals surface area contributed by atoms with E-state index in [9.17, 15) is 0 Å². The third kappa shape index (κ3) is 3.64. The molecular weight excluding hydrogens is 266 g/mol. The zero-order chi connectivity index (χ0) is 14.5. The first-order chi connectivity index (χ1) is 9.61. The van der Waals surface area contributed by atoms with E-state index < -0.39 is 0 Å². The molecule has 0 aliphatic heterocycles. The lowest BCUT2D eigenvalue weighted by molar-refractivity contribution is 0.589. The molecule has 0 aliphatic carbocycles. The molecule has 0 atom stereocenters. The van der Waals surface area contributed by atoms with E-state index >= 15 is 0 Å². The van der Waals surface area contributed by atoms with Gasteiger partial charge in [-0.2, -0.15) is 0 Å². The van der Waals surface area contributed by atoms with E-state index in [-0.39, 0.29) is 0 Å². The number of hydrogen-bond acceptors (Lipinski definition) is 4. The Kier molecular flexibility index (Phi) is 5.26. The summed E-state index contributed by atoms with van der Waals surface area (Å²) in [6.45, 7) is 9.53. The van der Waals surface area contributed by atoms with Crippen LogP contribution in [0.4, 0.5) is 0 Å². The zero-order valence-corrected chi connectivity index (χ0v) is 13.5. The van der Waals surface area contributed by atoms with Gasteiger partial charge in [0.25, 0.3) is 0 Å². The van der Waals surface area contributed by atoms with Gasteiger partial charge in [0, 0.05) is 23.7 Å². The fourth-order valence-corrected chi connectivity index (χ4v) is 3.18. The third-order valence-electron chi connectivity index (χ3n) is 3.15. The van der Waals surface area contributed by atoms with E-state index in [2.05, 4.69) is 44.1 Å². The fraction of sp³-hybridized carbons (Fsp3) is 0.500. The van der Waals surface area contributed by atoms with Crippen molar-refractivity contribution in [3.8, 4) is 10.7 Å². The highest BCUT2D eigenvalue weighted by molar-refractivity contribution is 7.15. The van der Waals surface area contributed by atoms with Crippen molar-refractivity contribution >= 4 is 11.3 Å². The maximum atomic E-state index is 4.82. The molecule has 2 heterocycles. The molecule has 0 fully saturated rings. The molecule has 0 saturated carbocycles. The quantitative estimate of drug-likeness (QED) is 0.874. The van der Waals surface area contributed by atoms with Crippen LogP contribution < -0.4 is 5.32 Å². The van der Waals surface area contributed by atoms with E-state index in [4.69, 9.17) is 4.98 Å². The van der Waals surface area contributed by atoms with Crippen LogP contribution >= 0.6 is 11.3 Å². The van der Waals surface area contributed by atoms with E-state index in [1.165, 1.54) is 16.1 Å². The van der Waals surface area contributed by atoms with Crippen LogP contribution in [0.5, 0.6) is 0 Å². The van der Waals surface area contributed by atoms with Crippen LogP contribution in [-0.4, -0.2) is 16.0 Å². The van der Waals surface area contributed by atoms with Crippen LogP contribution in [0.15, 0.2) is 18.3 Å². The molecule has 108 valence electrons. The van der Waals surface area contributed by atoms with Gasteiger partial charge >= 0.3 is 0 Å². The van der Waals surface area contributed by atoms with Gasteiger partial charge < -0.3 is 5.32 Å². The molecule has 3 nitrogen and oxygen atoms in total. The molecule has 0 spiro atoms. The van der Waals surface area contributed by atoms with Gasteiger partial charge in [-0.05, 0) is 25.0 Å². The molecule has 20 heavy (non-hydrogen) atoms. The van der Waals surface area contributed by atoms with Crippen molar-refractivity contribution in [1.29, 1.82) is 0 Å². The number of aryl methyl sites for hydroxylation is 2. The maximum Gasteiger partial charge on any atom is 0.142 e. The number of nitrogens with one attached hydrogen (secondary N) is 1. The van der Waals surface area contributed by atoms with Crippen LogP contribution in [0, 0.1) is 6.92 Å². The molecule has 2 rings (SSSR count). The molecule has 0 radical (unpaired) electrons. The Labute approximate surface area is 125 Å². The Hall–Kier alpha value is -1.26. The topological polar surface area (TPSA) is 37.8 Å². The minimum atomic E-state index is 0.492. The Morgan fingerprint density at radius 3 is 2.80 bits per heavy atom. The van der Waals surface area contributed by atoms with Crippen molar-refractivity contribution in [3.63, 3.8) is 0 Å². The van der Waals surface area contributed by atoms with E-state index in [1.54, 1.807) is 11.3 Å². The van der Waals surface area contributed by atoms with Crippen molar-refractivity contribution in [1.82, 2.24) is 15.3 Å². The summed E-state index contributed by atoms with van der Waals surface area (Å²) in [7, 11) is 0. The molecule has 0 aromatic carbocycles. The van der Waals surface area contributed by atoms with Crippen molar-refractivity contribution in [2.45, 2.75) is 53.1 Å². The summed E-state index contributed by atoms with van der Waals surface area (Å²) in [5.41, 5.74) is 3.43. The Balaban J connectivity index is 2.31. The number of rotatable bonds is 6. The van der Waals surface area contributed by atoms with Gasteiger partial charge in [0.2, 0.25) is 0 Å². The Bertz CT molecular complexity index is 561. The normalized spacial score (nSPS) is 11.2. The predicted octanol–water partition coefficient (Wildman–Crippen LogP) is 3.96. The highest BCUT2D eigenvalue weighted by Gasteiger charge is 2.14. The lowest BCUT2D eigenvalue weighted by atomic mass is 10.2. The minimum Gasteiger partial charge on any atom is -0.310 e. The third-order valence-corrected chi connectivity index (χ3v) is 4.25. The number of aromatic nitrogens is 2. The SMILES string of the molecule is CCCc1nc(-c2ncccc2C)sc1CNC(C)C. The summed E-state index contributed by atoms with van der Waals surface area (Å²) < 4.78 is 0. The number of pyridine rings is 1. The summed E-state index contributed by atoms with van der Waals surface area (Å²) in [4.78, 5) is 10.7. The van der Waals surface area contributed by atoms with Gasteiger partial charge in [0.1, 0.15) is 10.7 Å². The monoisotopic (exact) mass is 289 g/mol. The number of nitrogens with zero attached hydrogens (tertiary/aromatic N) is 2. The molecule has 0 unspecified atom stereocenters. The van der Waals surface area contributed by atoms with Crippen LogP contribution in [0.25, 0.3) is 10.7 Å². The lowest BCUT2D eigenvalue weighted by Gasteiger charge is -2.07. The standard InChI is InChI=1S/C16H23N3S/c1-5-7-13-14(10-18-11(2)3)20-16(19-13)15-12(4)8-6-9-17-15/h6,8-9,11,18H,5,7,10H2,1-4H3. The first kappa shape index (κ1) is 15.1. The molecule has 1 N–H and O–H groups in total. The average molecular weight is 289 g/mol. The summed E-state index contributed by atoms with van der Waals surface area (Å²) in [5.74, 6) is 0. The zero-order valence-electron chi connectivity index (χ0n) is 12.7. The first-order valence-corrected chi connectivity index (χ1v) is 8.07. The highest BCUT2D eigenvalue weighted by atomic mass is 32.1. The van der Waals surface area contributed by atoms with Crippen molar-refractivity contribution < 1.29 is 0 Å². The van der Waals surface area contributed by atoms with Crippen molar-refractivity contribution in [2.24, 2.45) is 0 Å². The van der Waals surface area contributed by atoms with Gasteiger partial charge in [-0.25, -0.2) is 4.98 Å². The van der Waals surface area contributed by atoms with Gasteiger partial charge in [0.05, 0.1) is 5.69 Å². The summed E-state index contributed by atoms with van der Waals surface area (Å²) in [6, 6.07) is 4.56. The highest BCUT2D eigenvalue weighted by Crippen LogP contribution is 2.29. The number of hydrogen-bond donors (Lipinski definition) is 1. The molecule has 0 aliphatic rings. The van der Waals surface area contributed by atoms with Crippen LogP contribution in [0.3, 0.4) is 0 Å². The molecule has 2 aromatic heterocycles. The van der Waals surface area contributed by atoms with Gasteiger partial charge in [0.15, 0.2) is 0 Å². The maximum absolute atomic E-state index is 4.82. The van der Waals surface area contributed by atoms with Crippen LogP contribution in [0.1, 0.15) is 43.3 Å².